The number of primary sulfonamides is 1. The average Bonchev–Trinajstić information content (AvgIpc) is 2.83. The number of aliphatic hydroxyl groups is 1. The number of hydrogen-bond acceptors (Lipinski definition) is 4. The molecule has 1 saturated carbocycles. The van der Waals surface area contributed by atoms with E-state index in [2.05, 4.69) is 5.32 Å². The first-order chi connectivity index (χ1) is 9.41. The van der Waals surface area contributed by atoms with E-state index in [9.17, 15) is 17.9 Å². The van der Waals surface area contributed by atoms with E-state index in [1.54, 1.807) is 0 Å². The van der Waals surface area contributed by atoms with E-state index >= 15 is 0 Å². The molecule has 20 heavy (non-hydrogen) atoms. The number of sulfonamides is 1. The maximum Gasteiger partial charge on any atom is 0.238 e. The molecule has 2 rings (SSSR count). The molecule has 1 aliphatic carbocycles. The molecule has 1 aliphatic rings. The number of halogens is 1. The van der Waals surface area contributed by atoms with Crippen molar-refractivity contribution in [2.45, 2.75) is 24.2 Å². The first kappa shape index (κ1) is 15.2. The molecule has 2 atom stereocenters. The molecule has 1 aromatic rings. The topological polar surface area (TPSA) is 92.4 Å². The van der Waals surface area contributed by atoms with Gasteiger partial charge in [-0.2, -0.15) is 0 Å². The summed E-state index contributed by atoms with van der Waals surface area (Å²) in [6.07, 6.45) is 3.08. The van der Waals surface area contributed by atoms with Gasteiger partial charge in [0.2, 0.25) is 10.0 Å². The summed E-state index contributed by atoms with van der Waals surface area (Å²) in [5.74, 6) is -0.0679. The van der Waals surface area contributed by atoms with E-state index in [4.69, 9.17) is 5.14 Å². The van der Waals surface area contributed by atoms with Crippen LogP contribution in [0.2, 0.25) is 0 Å². The molecule has 0 radical (unpaired) electrons. The Morgan fingerprint density at radius 1 is 1.35 bits per heavy atom. The molecule has 2 unspecified atom stereocenters. The maximum atomic E-state index is 13.8. The van der Waals surface area contributed by atoms with Crippen LogP contribution in [0.15, 0.2) is 23.1 Å². The zero-order chi connectivity index (χ0) is 14.8. The maximum absolute atomic E-state index is 13.8. The van der Waals surface area contributed by atoms with Gasteiger partial charge in [0.1, 0.15) is 5.82 Å². The first-order valence-electron chi connectivity index (χ1n) is 6.59. The second-order valence-electron chi connectivity index (χ2n) is 5.20. The van der Waals surface area contributed by atoms with Gasteiger partial charge in [0.25, 0.3) is 0 Å². The van der Waals surface area contributed by atoms with Crippen LogP contribution in [0.5, 0.6) is 0 Å². The van der Waals surface area contributed by atoms with Crippen LogP contribution in [-0.4, -0.2) is 26.7 Å². The lowest BCUT2D eigenvalue weighted by molar-refractivity contribution is 0.199. The van der Waals surface area contributed by atoms with Crippen LogP contribution in [0.1, 0.15) is 19.3 Å². The fourth-order valence-corrected chi connectivity index (χ4v) is 3.21. The van der Waals surface area contributed by atoms with Gasteiger partial charge >= 0.3 is 0 Å². The van der Waals surface area contributed by atoms with Crippen LogP contribution in [0.3, 0.4) is 0 Å². The number of hydrogen-bond donors (Lipinski definition) is 3. The normalized spacial score (nSPS) is 22.9. The van der Waals surface area contributed by atoms with Gasteiger partial charge < -0.3 is 10.4 Å². The predicted octanol–water partition coefficient (Wildman–Crippen LogP) is 1.29. The highest BCUT2D eigenvalue weighted by Gasteiger charge is 2.26. The lowest BCUT2D eigenvalue weighted by Gasteiger charge is -2.18. The Morgan fingerprint density at radius 3 is 2.65 bits per heavy atom. The van der Waals surface area contributed by atoms with Crippen LogP contribution in [0.4, 0.5) is 10.1 Å². The monoisotopic (exact) mass is 302 g/mol. The van der Waals surface area contributed by atoms with Gasteiger partial charge in [-0.15, -0.1) is 0 Å². The molecule has 1 aromatic carbocycles. The molecule has 4 N–H and O–H groups in total. The van der Waals surface area contributed by atoms with Crippen LogP contribution < -0.4 is 10.5 Å². The molecule has 0 saturated heterocycles. The number of nitrogens with one attached hydrogen (secondary N) is 1. The SMILES string of the molecule is NS(=O)(=O)c1ccc(NCC2CCCC2CO)c(F)c1. The van der Waals surface area contributed by atoms with E-state index in [-0.39, 0.29) is 23.1 Å². The minimum absolute atomic E-state index is 0.152. The third kappa shape index (κ3) is 3.47. The second kappa shape index (κ2) is 6.07. The third-order valence-electron chi connectivity index (χ3n) is 3.87. The predicted molar refractivity (Wildman–Crippen MR) is 74.2 cm³/mol. The van der Waals surface area contributed by atoms with Gasteiger partial charge in [0, 0.05) is 13.2 Å². The Hall–Kier alpha value is -1.18. The Balaban J connectivity index is 2.03. The quantitative estimate of drug-likeness (QED) is 0.764. The lowest BCUT2D eigenvalue weighted by Crippen LogP contribution is -2.21. The lowest BCUT2D eigenvalue weighted by atomic mass is 9.97. The summed E-state index contributed by atoms with van der Waals surface area (Å²) < 4.78 is 36.0. The van der Waals surface area contributed by atoms with Gasteiger partial charge in [-0.05, 0) is 42.9 Å². The minimum atomic E-state index is -3.89. The fraction of sp³-hybridized carbons (Fsp3) is 0.538. The summed E-state index contributed by atoms with van der Waals surface area (Å²) in [4.78, 5) is -0.241. The van der Waals surface area contributed by atoms with Crippen LogP contribution >= 0.6 is 0 Å². The van der Waals surface area contributed by atoms with Crippen molar-refractivity contribution >= 4 is 15.7 Å². The van der Waals surface area contributed by atoms with Crippen molar-refractivity contribution in [2.75, 3.05) is 18.5 Å². The highest BCUT2D eigenvalue weighted by atomic mass is 32.2. The van der Waals surface area contributed by atoms with E-state index in [1.807, 2.05) is 0 Å². The molecular weight excluding hydrogens is 283 g/mol. The standard InChI is InChI=1S/C13H19FN2O3S/c14-12-6-11(20(15,18)19)4-5-13(12)16-7-9-2-1-3-10(9)8-17/h4-6,9-10,16-17H,1-3,7-8H2,(H2,15,18,19). The highest BCUT2D eigenvalue weighted by Crippen LogP contribution is 2.31. The molecular formula is C13H19FN2O3S. The Kier molecular flexibility index (Phi) is 4.62. The van der Waals surface area contributed by atoms with Gasteiger partial charge in [0.15, 0.2) is 0 Å². The highest BCUT2D eigenvalue weighted by molar-refractivity contribution is 7.89. The number of aliphatic hydroxyl groups excluding tert-OH is 1. The smallest absolute Gasteiger partial charge is 0.238 e. The Morgan fingerprint density at radius 2 is 2.05 bits per heavy atom. The zero-order valence-electron chi connectivity index (χ0n) is 11.0. The summed E-state index contributed by atoms with van der Waals surface area (Å²) >= 11 is 0. The van der Waals surface area contributed by atoms with Crippen LogP contribution in [-0.2, 0) is 10.0 Å². The van der Waals surface area contributed by atoms with Crippen molar-refractivity contribution in [1.82, 2.24) is 0 Å². The number of rotatable bonds is 5. The largest absolute Gasteiger partial charge is 0.396 e. The van der Waals surface area contributed by atoms with Crippen LogP contribution in [0.25, 0.3) is 0 Å². The molecule has 0 bridgehead atoms. The van der Waals surface area contributed by atoms with Crippen LogP contribution in [0, 0.1) is 17.7 Å². The zero-order valence-corrected chi connectivity index (χ0v) is 11.9. The molecule has 0 aromatic heterocycles. The van der Waals surface area contributed by atoms with Gasteiger partial charge in [-0.25, -0.2) is 17.9 Å². The average molecular weight is 302 g/mol. The summed E-state index contributed by atoms with van der Waals surface area (Å²) in [7, 11) is -3.89. The summed E-state index contributed by atoms with van der Waals surface area (Å²) in [5, 5.41) is 17.2. The molecule has 0 aliphatic heterocycles. The van der Waals surface area contributed by atoms with Crippen molar-refractivity contribution in [3.8, 4) is 0 Å². The second-order valence-corrected chi connectivity index (χ2v) is 6.76. The van der Waals surface area contributed by atoms with Gasteiger partial charge in [0.05, 0.1) is 10.6 Å². The molecule has 7 heteroatoms. The Labute approximate surface area is 118 Å². The Bertz CT molecular complexity index is 577. The third-order valence-corrected chi connectivity index (χ3v) is 4.79. The molecule has 0 heterocycles. The molecule has 5 nitrogen and oxygen atoms in total. The first-order valence-corrected chi connectivity index (χ1v) is 8.13. The molecule has 0 spiro atoms. The molecule has 112 valence electrons. The molecule has 0 amide bonds. The van der Waals surface area contributed by atoms with Crippen molar-refractivity contribution in [1.29, 1.82) is 0 Å². The fourth-order valence-electron chi connectivity index (χ4n) is 2.68. The van der Waals surface area contributed by atoms with Crippen molar-refractivity contribution in [2.24, 2.45) is 17.0 Å². The van der Waals surface area contributed by atoms with E-state index in [0.717, 1.165) is 25.3 Å². The van der Waals surface area contributed by atoms with E-state index in [0.29, 0.717) is 12.5 Å². The molecule has 1 fully saturated rings. The van der Waals surface area contributed by atoms with E-state index < -0.39 is 15.8 Å². The van der Waals surface area contributed by atoms with Gasteiger partial charge in [-0.3, -0.25) is 0 Å². The van der Waals surface area contributed by atoms with Crippen molar-refractivity contribution in [3.05, 3.63) is 24.0 Å². The van der Waals surface area contributed by atoms with Crippen molar-refractivity contribution < 1.29 is 17.9 Å². The summed E-state index contributed by atoms with van der Waals surface area (Å²) in [5.41, 5.74) is 0.251. The minimum Gasteiger partial charge on any atom is -0.396 e. The number of nitrogens with two attached hydrogens (primary N) is 1. The van der Waals surface area contributed by atoms with Gasteiger partial charge in [-0.1, -0.05) is 6.42 Å². The van der Waals surface area contributed by atoms with Crippen molar-refractivity contribution in [3.63, 3.8) is 0 Å². The number of benzene rings is 1. The number of anilines is 1. The van der Waals surface area contributed by atoms with E-state index in [1.165, 1.54) is 12.1 Å². The summed E-state index contributed by atoms with van der Waals surface area (Å²) in [6.45, 7) is 0.718. The summed E-state index contributed by atoms with van der Waals surface area (Å²) in [6, 6.07) is 3.56.